The zero-order valence-electron chi connectivity index (χ0n) is 13.7. The Morgan fingerprint density at radius 3 is 2.75 bits per heavy atom. The Balaban J connectivity index is 1.86. The van der Waals surface area contributed by atoms with Crippen molar-refractivity contribution in [2.24, 2.45) is 13.0 Å². The maximum absolute atomic E-state index is 12.7. The number of hydrogen-bond acceptors (Lipinski definition) is 4. The molecule has 1 aromatic heterocycles. The van der Waals surface area contributed by atoms with E-state index in [1.54, 1.807) is 42.7 Å². The average Bonchev–Trinajstić information content (AvgIpc) is 2.99. The van der Waals surface area contributed by atoms with Gasteiger partial charge in [-0.15, -0.1) is 5.10 Å². The molecule has 1 fully saturated rings. The lowest BCUT2D eigenvalue weighted by molar-refractivity contribution is -0.128. The highest BCUT2D eigenvalue weighted by atomic mass is 35.5. The highest BCUT2D eigenvalue weighted by Gasteiger charge is 2.43. The third-order valence-electron chi connectivity index (χ3n) is 4.33. The Morgan fingerprint density at radius 1 is 1.38 bits per heavy atom. The van der Waals surface area contributed by atoms with Crippen molar-refractivity contribution in [3.63, 3.8) is 0 Å². The number of nitrogens with zero attached hydrogens (tertiary/aromatic N) is 4. The molecule has 1 aliphatic rings. The van der Waals surface area contributed by atoms with E-state index in [4.69, 9.17) is 11.6 Å². The van der Waals surface area contributed by atoms with Crippen molar-refractivity contribution >= 4 is 29.4 Å². The Labute approximate surface area is 144 Å². The number of likely N-dealkylation sites (tertiary alicyclic amines) is 1. The zero-order valence-corrected chi connectivity index (χ0v) is 14.4. The highest BCUT2D eigenvalue weighted by Crippen LogP contribution is 2.38. The Bertz CT molecular complexity index is 784. The fourth-order valence-corrected chi connectivity index (χ4v) is 3.17. The van der Waals surface area contributed by atoms with Gasteiger partial charge >= 0.3 is 0 Å². The summed E-state index contributed by atoms with van der Waals surface area (Å²) in [6.07, 6.45) is 0.144. The number of benzene rings is 1. The molecule has 0 spiro atoms. The molecule has 0 radical (unpaired) electrons. The Hall–Kier alpha value is -2.41. The minimum Gasteiger partial charge on any atom is -0.338 e. The van der Waals surface area contributed by atoms with Crippen LogP contribution in [-0.4, -0.2) is 38.5 Å². The van der Waals surface area contributed by atoms with Crippen LogP contribution in [0.15, 0.2) is 24.3 Å². The number of anilines is 1. The van der Waals surface area contributed by atoms with Crippen molar-refractivity contribution in [2.75, 3.05) is 12.4 Å². The van der Waals surface area contributed by atoms with Crippen LogP contribution >= 0.6 is 11.6 Å². The quantitative estimate of drug-likeness (QED) is 0.920. The van der Waals surface area contributed by atoms with Crippen molar-refractivity contribution in [1.29, 1.82) is 0 Å². The van der Waals surface area contributed by atoms with E-state index in [2.05, 4.69) is 15.4 Å². The van der Waals surface area contributed by atoms with Gasteiger partial charge in [0.2, 0.25) is 17.8 Å². The maximum Gasteiger partial charge on any atom is 0.248 e. The number of carbonyl (C=O) groups excluding carboxylic acids is 2. The van der Waals surface area contributed by atoms with Crippen molar-refractivity contribution in [3.05, 3.63) is 40.7 Å². The van der Waals surface area contributed by atoms with E-state index in [9.17, 15) is 9.59 Å². The molecule has 24 heavy (non-hydrogen) atoms. The number of hydrogen-bond donors (Lipinski definition) is 1. The van der Waals surface area contributed by atoms with E-state index < -0.39 is 5.92 Å². The summed E-state index contributed by atoms with van der Waals surface area (Å²) in [6.45, 7) is 1.80. The van der Waals surface area contributed by atoms with Crippen molar-refractivity contribution < 1.29 is 9.59 Å². The van der Waals surface area contributed by atoms with Crippen molar-refractivity contribution in [3.8, 4) is 0 Å². The van der Waals surface area contributed by atoms with E-state index in [1.165, 1.54) is 0 Å². The molecule has 1 N–H and O–H groups in total. The minimum atomic E-state index is -0.523. The number of aryl methyl sites for hydroxylation is 2. The standard InChI is InChI=1S/C16H18ClN5O2/c1-9-18-16(20-22(9)3)19-15(24)12-8-13(23)21(2)14(12)10-5-4-6-11(17)7-10/h4-7,12,14H,8H2,1-3H3,(H,19,20,24). The van der Waals surface area contributed by atoms with Crippen molar-refractivity contribution in [2.45, 2.75) is 19.4 Å². The second-order valence-corrected chi connectivity index (χ2v) is 6.35. The summed E-state index contributed by atoms with van der Waals surface area (Å²) < 4.78 is 1.58. The van der Waals surface area contributed by atoms with Gasteiger partial charge in [-0.2, -0.15) is 4.98 Å². The molecule has 2 aromatic rings. The second kappa shape index (κ2) is 6.24. The van der Waals surface area contributed by atoms with E-state index in [-0.39, 0.29) is 30.2 Å². The van der Waals surface area contributed by atoms with Gasteiger partial charge in [0.05, 0.1) is 12.0 Å². The van der Waals surface area contributed by atoms with Gasteiger partial charge < -0.3 is 4.90 Å². The monoisotopic (exact) mass is 347 g/mol. The number of nitrogens with one attached hydrogen (secondary N) is 1. The first-order valence-electron chi connectivity index (χ1n) is 7.56. The Morgan fingerprint density at radius 2 is 2.12 bits per heavy atom. The molecular weight excluding hydrogens is 330 g/mol. The first-order chi connectivity index (χ1) is 11.4. The molecule has 1 aliphatic heterocycles. The normalized spacial score (nSPS) is 20.5. The van der Waals surface area contributed by atoms with Crippen LogP contribution in [0.3, 0.4) is 0 Å². The van der Waals surface area contributed by atoms with Crippen LogP contribution < -0.4 is 5.32 Å². The largest absolute Gasteiger partial charge is 0.338 e. The van der Waals surface area contributed by atoms with Gasteiger partial charge in [-0.05, 0) is 24.6 Å². The molecule has 1 aromatic carbocycles. The fraction of sp³-hybridized carbons (Fsp3) is 0.375. The summed E-state index contributed by atoms with van der Waals surface area (Å²) >= 11 is 6.06. The molecule has 3 rings (SSSR count). The molecular formula is C16H18ClN5O2. The molecule has 1 saturated heterocycles. The summed E-state index contributed by atoms with van der Waals surface area (Å²) in [5.74, 6) is 0.0572. The molecule has 0 aliphatic carbocycles. The molecule has 8 heteroatoms. The zero-order chi connectivity index (χ0) is 17.4. The van der Waals surface area contributed by atoms with Gasteiger partial charge in [0.1, 0.15) is 5.82 Å². The number of aromatic nitrogens is 3. The number of carbonyl (C=O) groups is 2. The van der Waals surface area contributed by atoms with E-state index in [0.29, 0.717) is 10.8 Å². The third-order valence-corrected chi connectivity index (χ3v) is 4.56. The van der Waals surface area contributed by atoms with Crippen LogP contribution in [0.25, 0.3) is 0 Å². The molecule has 2 atom stereocenters. The lowest BCUT2D eigenvalue weighted by Gasteiger charge is -2.24. The SMILES string of the molecule is Cc1nc(NC(=O)C2CC(=O)N(C)C2c2cccc(Cl)c2)nn1C. The molecule has 0 saturated carbocycles. The summed E-state index contributed by atoms with van der Waals surface area (Å²) in [5, 5.41) is 7.40. The van der Waals surface area contributed by atoms with Crippen LogP contribution in [0, 0.1) is 12.8 Å². The van der Waals surface area contributed by atoms with Gasteiger partial charge in [0.15, 0.2) is 0 Å². The van der Waals surface area contributed by atoms with Crippen LogP contribution in [0.4, 0.5) is 5.95 Å². The summed E-state index contributed by atoms with van der Waals surface area (Å²) in [5.41, 5.74) is 0.834. The van der Waals surface area contributed by atoms with Gasteiger partial charge in [-0.3, -0.25) is 19.6 Å². The average molecular weight is 348 g/mol. The summed E-state index contributed by atoms with van der Waals surface area (Å²) in [7, 11) is 3.45. The smallest absolute Gasteiger partial charge is 0.248 e. The lowest BCUT2D eigenvalue weighted by atomic mass is 9.93. The van der Waals surface area contributed by atoms with E-state index in [1.807, 2.05) is 12.1 Å². The number of rotatable bonds is 3. The second-order valence-electron chi connectivity index (χ2n) is 5.91. The molecule has 7 nitrogen and oxygen atoms in total. The summed E-state index contributed by atoms with van der Waals surface area (Å²) in [4.78, 5) is 30.6. The molecule has 2 heterocycles. The van der Waals surface area contributed by atoms with E-state index >= 15 is 0 Å². The third kappa shape index (κ3) is 2.99. The Kier molecular flexibility index (Phi) is 4.28. The number of halogens is 1. The van der Waals surface area contributed by atoms with Gasteiger partial charge in [0.25, 0.3) is 0 Å². The van der Waals surface area contributed by atoms with Crippen LogP contribution in [0.5, 0.6) is 0 Å². The summed E-state index contributed by atoms with van der Waals surface area (Å²) in [6, 6.07) is 6.87. The fourth-order valence-electron chi connectivity index (χ4n) is 2.97. The van der Waals surface area contributed by atoms with Gasteiger partial charge in [0, 0.05) is 25.5 Å². The van der Waals surface area contributed by atoms with E-state index in [0.717, 1.165) is 5.56 Å². The predicted molar refractivity (Wildman–Crippen MR) is 89.4 cm³/mol. The van der Waals surface area contributed by atoms with Gasteiger partial charge in [-0.25, -0.2) is 0 Å². The highest BCUT2D eigenvalue weighted by molar-refractivity contribution is 6.30. The first kappa shape index (κ1) is 16.4. The molecule has 2 unspecified atom stereocenters. The first-order valence-corrected chi connectivity index (χ1v) is 7.94. The van der Waals surface area contributed by atoms with Crippen molar-refractivity contribution in [1.82, 2.24) is 19.7 Å². The molecule has 126 valence electrons. The van der Waals surface area contributed by atoms with Crippen LogP contribution in [0.1, 0.15) is 23.9 Å². The topological polar surface area (TPSA) is 80.1 Å². The van der Waals surface area contributed by atoms with Crippen LogP contribution in [-0.2, 0) is 16.6 Å². The van der Waals surface area contributed by atoms with Crippen LogP contribution in [0.2, 0.25) is 5.02 Å². The number of amides is 2. The maximum atomic E-state index is 12.7. The predicted octanol–water partition coefficient (Wildman–Crippen LogP) is 1.94. The lowest BCUT2D eigenvalue weighted by Crippen LogP contribution is -2.30. The molecule has 2 amide bonds. The molecule has 0 bridgehead atoms. The minimum absolute atomic E-state index is 0.0784. The van der Waals surface area contributed by atoms with Gasteiger partial charge in [-0.1, -0.05) is 23.7 Å².